The van der Waals surface area contributed by atoms with Gasteiger partial charge in [-0.2, -0.15) is 0 Å². The van der Waals surface area contributed by atoms with E-state index in [9.17, 15) is 19.2 Å². The summed E-state index contributed by atoms with van der Waals surface area (Å²) in [6, 6.07) is 0. The standard InChI is InChI=1S/C12H16O6/c1-4-17-11(15)7-6(3)8(10(14)9(7)13)12(16)18-5-2/h6-8H,4-5H2,1-3H3. The number of Topliss-reactive ketones (excluding diaryl/α,β-unsaturated/α-hetero) is 2. The van der Waals surface area contributed by atoms with Crippen LogP contribution in [0.15, 0.2) is 0 Å². The molecule has 1 rings (SSSR count). The van der Waals surface area contributed by atoms with Crippen molar-refractivity contribution in [1.29, 1.82) is 0 Å². The topological polar surface area (TPSA) is 86.7 Å². The van der Waals surface area contributed by atoms with Crippen LogP contribution in [-0.2, 0) is 28.7 Å². The molecule has 0 aromatic rings. The van der Waals surface area contributed by atoms with Crippen LogP contribution in [0.1, 0.15) is 20.8 Å². The van der Waals surface area contributed by atoms with Crippen molar-refractivity contribution in [2.24, 2.45) is 17.8 Å². The van der Waals surface area contributed by atoms with Crippen molar-refractivity contribution in [3.05, 3.63) is 0 Å². The number of hydrogen-bond donors (Lipinski definition) is 0. The highest BCUT2D eigenvalue weighted by atomic mass is 16.5. The molecule has 0 N–H and O–H groups in total. The Morgan fingerprint density at radius 2 is 1.28 bits per heavy atom. The van der Waals surface area contributed by atoms with Crippen molar-refractivity contribution in [1.82, 2.24) is 0 Å². The first-order chi connectivity index (χ1) is 8.45. The third-order valence-corrected chi connectivity index (χ3v) is 2.94. The second-order valence-electron chi connectivity index (χ2n) is 4.05. The molecule has 1 aliphatic rings. The zero-order valence-corrected chi connectivity index (χ0v) is 10.6. The number of carbonyl (C=O) groups excluding carboxylic acids is 4. The monoisotopic (exact) mass is 256 g/mol. The van der Waals surface area contributed by atoms with Crippen molar-refractivity contribution in [2.75, 3.05) is 13.2 Å². The first-order valence-electron chi connectivity index (χ1n) is 5.87. The van der Waals surface area contributed by atoms with Gasteiger partial charge >= 0.3 is 11.9 Å². The van der Waals surface area contributed by atoms with E-state index < -0.39 is 41.3 Å². The van der Waals surface area contributed by atoms with Gasteiger partial charge in [-0.1, -0.05) is 6.92 Å². The first kappa shape index (κ1) is 14.3. The molecule has 6 nitrogen and oxygen atoms in total. The summed E-state index contributed by atoms with van der Waals surface area (Å²) in [6.07, 6.45) is 0. The van der Waals surface area contributed by atoms with Gasteiger partial charge in [-0.05, 0) is 19.8 Å². The molecule has 1 aliphatic carbocycles. The molecule has 2 unspecified atom stereocenters. The summed E-state index contributed by atoms with van der Waals surface area (Å²) in [5, 5.41) is 0. The Balaban J connectivity index is 2.93. The van der Waals surface area contributed by atoms with Crippen LogP contribution in [0, 0.1) is 17.8 Å². The molecule has 0 aromatic carbocycles. The third-order valence-electron chi connectivity index (χ3n) is 2.94. The Labute approximate surface area is 105 Å². The van der Waals surface area contributed by atoms with E-state index in [1.807, 2.05) is 0 Å². The molecule has 0 aromatic heterocycles. The van der Waals surface area contributed by atoms with E-state index in [0.29, 0.717) is 0 Å². The lowest BCUT2D eigenvalue weighted by Crippen LogP contribution is -2.29. The minimum Gasteiger partial charge on any atom is -0.465 e. The average molecular weight is 256 g/mol. The van der Waals surface area contributed by atoms with Gasteiger partial charge in [0.15, 0.2) is 0 Å². The number of hydrogen-bond acceptors (Lipinski definition) is 6. The molecule has 0 radical (unpaired) electrons. The molecule has 100 valence electrons. The first-order valence-corrected chi connectivity index (χ1v) is 5.87. The highest BCUT2D eigenvalue weighted by Gasteiger charge is 2.54. The van der Waals surface area contributed by atoms with Crippen molar-refractivity contribution >= 4 is 23.5 Å². The highest BCUT2D eigenvalue weighted by Crippen LogP contribution is 2.33. The fourth-order valence-corrected chi connectivity index (χ4v) is 2.08. The third kappa shape index (κ3) is 2.42. The number of rotatable bonds is 4. The summed E-state index contributed by atoms with van der Waals surface area (Å²) in [7, 11) is 0. The zero-order chi connectivity index (χ0) is 13.9. The van der Waals surface area contributed by atoms with Gasteiger partial charge in [-0.15, -0.1) is 0 Å². The van der Waals surface area contributed by atoms with Crippen LogP contribution in [0.25, 0.3) is 0 Å². The van der Waals surface area contributed by atoms with Gasteiger partial charge in [-0.3, -0.25) is 19.2 Å². The lowest BCUT2D eigenvalue weighted by molar-refractivity contribution is -0.153. The Morgan fingerprint density at radius 1 is 0.944 bits per heavy atom. The van der Waals surface area contributed by atoms with Gasteiger partial charge in [0.1, 0.15) is 11.8 Å². The largest absolute Gasteiger partial charge is 0.465 e. The molecule has 0 bridgehead atoms. The summed E-state index contributed by atoms with van der Waals surface area (Å²) in [5.74, 6) is -6.33. The Bertz CT molecular complexity index is 350. The van der Waals surface area contributed by atoms with Crippen LogP contribution in [0.5, 0.6) is 0 Å². The van der Waals surface area contributed by atoms with Crippen LogP contribution in [0.3, 0.4) is 0 Å². The van der Waals surface area contributed by atoms with Crippen LogP contribution < -0.4 is 0 Å². The summed E-state index contributed by atoms with van der Waals surface area (Å²) < 4.78 is 9.48. The van der Waals surface area contributed by atoms with Gasteiger partial charge in [0, 0.05) is 0 Å². The van der Waals surface area contributed by atoms with Gasteiger partial charge in [0.05, 0.1) is 13.2 Å². The smallest absolute Gasteiger partial charge is 0.317 e. The molecule has 2 atom stereocenters. The maximum absolute atomic E-state index is 11.7. The van der Waals surface area contributed by atoms with Crippen molar-refractivity contribution in [2.45, 2.75) is 20.8 Å². The Kier molecular flexibility index (Phi) is 4.58. The minimum absolute atomic E-state index is 0.119. The van der Waals surface area contributed by atoms with Gasteiger partial charge in [-0.25, -0.2) is 0 Å². The molecule has 6 heteroatoms. The molecule has 1 saturated carbocycles. The zero-order valence-electron chi connectivity index (χ0n) is 10.6. The van der Waals surface area contributed by atoms with Crippen molar-refractivity contribution in [3.8, 4) is 0 Å². The minimum atomic E-state index is -1.19. The van der Waals surface area contributed by atoms with Crippen LogP contribution in [0.2, 0.25) is 0 Å². The van der Waals surface area contributed by atoms with E-state index in [4.69, 9.17) is 9.47 Å². The van der Waals surface area contributed by atoms with Crippen LogP contribution in [0.4, 0.5) is 0 Å². The predicted octanol–water partition coefficient (Wildman–Crippen LogP) is 0.133. The Hall–Kier alpha value is -1.72. The SMILES string of the molecule is CCOC(=O)C1C(=O)C(=O)C(C(=O)OCC)C1C. The number of ketones is 2. The van der Waals surface area contributed by atoms with E-state index in [2.05, 4.69) is 0 Å². The van der Waals surface area contributed by atoms with Gasteiger partial charge in [0.2, 0.25) is 11.6 Å². The van der Waals surface area contributed by atoms with E-state index in [-0.39, 0.29) is 13.2 Å². The maximum Gasteiger partial charge on any atom is 0.317 e. The summed E-state index contributed by atoms with van der Waals surface area (Å²) in [6.45, 7) is 4.95. The van der Waals surface area contributed by atoms with E-state index in [1.54, 1.807) is 13.8 Å². The average Bonchev–Trinajstić information content (AvgIpc) is 2.51. The van der Waals surface area contributed by atoms with Crippen LogP contribution in [-0.4, -0.2) is 36.7 Å². The molecule has 0 amide bonds. The molecule has 1 fully saturated rings. The molecule has 0 saturated heterocycles. The maximum atomic E-state index is 11.7. The molecular weight excluding hydrogens is 240 g/mol. The highest BCUT2D eigenvalue weighted by molar-refractivity contribution is 6.47. The van der Waals surface area contributed by atoms with Gasteiger partial charge < -0.3 is 9.47 Å². The van der Waals surface area contributed by atoms with Gasteiger partial charge in [0.25, 0.3) is 0 Å². The number of esters is 2. The molecule has 0 heterocycles. The lowest BCUT2D eigenvalue weighted by atomic mass is 9.91. The quantitative estimate of drug-likeness (QED) is 0.404. The van der Waals surface area contributed by atoms with Crippen LogP contribution >= 0.6 is 0 Å². The van der Waals surface area contributed by atoms with E-state index in [0.717, 1.165) is 0 Å². The van der Waals surface area contributed by atoms with Crippen molar-refractivity contribution < 1.29 is 28.7 Å². The summed E-state index contributed by atoms with van der Waals surface area (Å²) >= 11 is 0. The van der Waals surface area contributed by atoms with E-state index >= 15 is 0 Å². The lowest BCUT2D eigenvalue weighted by Gasteiger charge is -2.15. The summed E-state index contributed by atoms with van der Waals surface area (Å²) in [5.41, 5.74) is 0. The molecular formula is C12H16O6. The fourth-order valence-electron chi connectivity index (χ4n) is 2.08. The Morgan fingerprint density at radius 3 is 1.56 bits per heavy atom. The number of ether oxygens (including phenoxy) is 2. The summed E-state index contributed by atoms with van der Waals surface area (Å²) in [4.78, 5) is 46.6. The fraction of sp³-hybridized carbons (Fsp3) is 0.667. The second-order valence-corrected chi connectivity index (χ2v) is 4.05. The molecule has 0 spiro atoms. The van der Waals surface area contributed by atoms with E-state index in [1.165, 1.54) is 6.92 Å². The van der Waals surface area contributed by atoms with Crippen molar-refractivity contribution in [3.63, 3.8) is 0 Å². The molecule has 18 heavy (non-hydrogen) atoms. The number of carbonyl (C=O) groups is 4. The normalized spacial score (nSPS) is 27.2. The predicted molar refractivity (Wildman–Crippen MR) is 59.4 cm³/mol. The molecule has 0 aliphatic heterocycles. The second kappa shape index (κ2) is 5.75.